The van der Waals surface area contributed by atoms with Gasteiger partial charge in [0.15, 0.2) is 0 Å². The molecule has 2 atom stereocenters. The van der Waals surface area contributed by atoms with Crippen LogP contribution in [0, 0.1) is 11.3 Å². The van der Waals surface area contributed by atoms with Crippen LogP contribution in [0.3, 0.4) is 0 Å². The topological polar surface area (TPSA) is 55.1 Å². The first-order chi connectivity index (χ1) is 7.63. The summed E-state index contributed by atoms with van der Waals surface area (Å²) < 4.78 is 0. The Labute approximate surface area is 98.2 Å². The van der Waals surface area contributed by atoms with Crippen molar-refractivity contribution >= 4 is 5.91 Å². The van der Waals surface area contributed by atoms with Crippen LogP contribution in [-0.2, 0) is 4.79 Å². The van der Waals surface area contributed by atoms with E-state index in [1.165, 1.54) is 25.7 Å². The van der Waals surface area contributed by atoms with Gasteiger partial charge in [0.2, 0.25) is 5.91 Å². The van der Waals surface area contributed by atoms with Crippen molar-refractivity contribution in [2.75, 3.05) is 6.54 Å². The maximum Gasteiger partial charge on any atom is 0.227 e. The van der Waals surface area contributed by atoms with Gasteiger partial charge in [0.25, 0.3) is 0 Å². The van der Waals surface area contributed by atoms with Crippen molar-refractivity contribution in [3.8, 4) is 0 Å². The second kappa shape index (κ2) is 4.74. The number of amides is 1. The minimum absolute atomic E-state index is 0.0519. The van der Waals surface area contributed by atoms with Gasteiger partial charge in [-0.3, -0.25) is 4.79 Å². The normalized spacial score (nSPS) is 35.5. The van der Waals surface area contributed by atoms with Crippen LogP contribution in [0.25, 0.3) is 0 Å². The molecule has 3 N–H and O–H groups in total. The van der Waals surface area contributed by atoms with Crippen LogP contribution in [0.2, 0.25) is 0 Å². The molecule has 0 aromatic heterocycles. The van der Waals surface area contributed by atoms with E-state index in [1.807, 2.05) is 6.92 Å². The maximum atomic E-state index is 12.1. The van der Waals surface area contributed by atoms with Crippen LogP contribution in [0.1, 0.15) is 51.9 Å². The predicted octanol–water partition coefficient (Wildman–Crippen LogP) is 1.81. The lowest BCUT2D eigenvalue weighted by Crippen LogP contribution is -2.48. The van der Waals surface area contributed by atoms with Gasteiger partial charge < -0.3 is 11.1 Å². The Balaban J connectivity index is 1.82. The van der Waals surface area contributed by atoms with Gasteiger partial charge in [-0.25, -0.2) is 0 Å². The number of nitrogens with one attached hydrogen (secondary N) is 1. The Kier molecular flexibility index (Phi) is 3.53. The summed E-state index contributed by atoms with van der Waals surface area (Å²) >= 11 is 0. The quantitative estimate of drug-likeness (QED) is 0.768. The number of nitrogens with two attached hydrogens (primary N) is 1. The van der Waals surface area contributed by atoms with Crippen LogP contribution in [-0.4, -0.2) is 18.5 Å². The lowest BCUT2D eigenvalue weighted by Gasteiger charge is -2.28. The van der Waals surface area contributed by atoms with Crippen molar-refractivity contribution in [1.29, 1.82) is 0 Å². The van der Waals surface area contributed by atoms with E-state index < -0.39 is 0 Å². The molecule has 0 radical (unpaired) electrons. The summed E-state index contributed by atoms with van der Waals surface area (Å²) in [6.07, 6.45) is 8.26. The fourth-order valence-electron chi connectivity index (χ4n) is 3.13. The van der Waals surface area contributed by atoms with Crippen molar-refractivity contribution in [2.45, 2.75) is 57.9 Å². The van der Waals surface area contributed by atoms with Gasteiger partial charge >= 0.3 is 0 Å². The molecular formula is C13H24N2O. The van der Waals surface area contributed by atoms with Crippen LogP contribution in [0.4, 0.5) is 0 Å². The highest BCUT2D eigenvalue weighted by Gasteiger charge is 2.42. The van der Waals surface area contributed by atoms with Crippen LogP contribution < -0.4 is 11.1 Å². The van der Waals surface area contributed by atoms with Gasteiger partial charge in [-0.2, -0.15) is 0 Å². The number of rotatable bonds is 3. The SMILES string of the molecule is CC1(C(=O)NCC2CCCC2)CCCC1N. The summed E-state index contributed by atoms with van der Waals surface area (Å²) in [5, 5.41) is 3.12. The molecule has 92 valence electrons. The fourth-order valence-corrected chi connectivity index (χ4v) is 3.13. The number of carbonyl (C=O) groups excluding carboxylic acids is 1. The Morgan fingerprint density at radius 3 is 2.56 bits per heavy atom. The second-order valence-electron chi connectivity index (χ2n) is 5.78. The molecule has 2 rings (SSSR count). The third-order valence-corrected chi connectivity index (χ3v) is 4.57. The Morgan fingerprint density at radius 1 is 1.31 bits per heavy atom. The molecule has 0 aromatic carbocycles. The molecule has 0 aliphatic heterocycles. The zero-order valence-corrected chi connectivity index (χ0v) is 10.3. The van der Waals surface area contributed by atoms with Crippen molar-refractivity contribution in [2.24, 2.45) is 17.1 Å². The maximum absolute atomic E-state index is 12.1. The average Bonchev–Trinajstić information content (AvgIpc) is 2.87. The highest BCUT2D eigenvalue weighted by atomic mass is 16.2. The second-order valence-corrected chi connectivity index (χ2v) is 5.78. The predicted molar refractivity (Wildman–Crippen MR) is 64.9 cm³/mol. The molecule has 0 spiro atoms. The van der Waals surface area contributed by atoms with Crippen molar-refractivity contribution in [3.05, 3.63) is 0 Å². The number of hydrogen-bond acceptors (Lipinski definition) is 2. The summed E-state index contributed by atoms with van der Waals surface area (Å²) in [4.78, 5) is 12.1. The molecule has 2 aliphatic carbocycles. The summed E-state index contributed by atoms with van der Waals surface area (Å²) in [7, 11) is 0. The molecule has 2 aliphatic rings. The zero-order valence-electron chi connectivity index (χ0n) is 10.3. The smallest absolute Gasteiger partial charge is 0.227 e. The summed E-state index contributed by atoms with van der Waals surface area (Å²) in [6.45, 7) is 2.88. The molecular weight excluding hydrogens is 200 g/mol. The molecule has 0 aromatic rings. The lowest BCUT2D eigenvalue weighted by molar-refractivity contribution is -0.130. The third kappa shape index (κ3) is 2.24. The van der Waals surface area contributed by atoms with Gasteiger partial charge in [-0.15, -0.1) is 0 Å². The first-order valence-electron chi connectivity index (χ1n) is 6.67. The van der Waals surface area contributed by atoms with Crippen LogP contribution >= 0.6 is 0 Å². The molecule has 0 heterocycles. The monoisotopic (exact) mass is 224 g/mol. The molecule has 1 amide bonds. The Morgan fingerprint density at radius 2 is 2.00 bits per heavy atom. The molecule has 0 saturated heterocycles. The van der Waals surface area contributed by atoms with Crippen LogP contribution in [0.15, 0.2) is 0 Å². The standard InChI is InChI=1S/C13H24N2O/c1-13(8-4-7-11(13)14)12(16)15-9-10-5-2-3-6-10/h10-11H,2-9,14H2,1H3,(H,15,16). The van der Waals surface area contributed by atoms with Crippen molar-refractivity contribution < 1.29 is 4.79 Å². The van der Waals surface area contributed by atoms with Gasteiger partial charge in [-0.05, 0) is 38.5 Å². The molecule has 3 nitrogen and oxygen atoms in total. The average molecular weight is 224 g/mol. The summed E-state index contributed by atoms with van der Waals surface area (Å²) in [5.41, 5.74) is 5.73. The highest BCUT2D eigenvalue weighted by Crippen LogP contribution is 2.37. The number of hydrogen-bond donors (Lipinski definition) is 2. The van der Waals surface area contributed by atoms with E-state index in [1.54, 1.807) is 0 Å². The van der Waals surface area contributed by atoms with Crippen molar-refractivity contribution in [3.63, 3.8) is 0 Å². The fraction of sp³-hybridized carbons (Fsp3) is 0.923. The minimum atomic E-state index is -0.307. The number of carbonyl (C=O) groups is 1. The Hall–Kier alpha value is -0.570. The molecule has 2 saturated carbocycles. The van der Waals surface area contributed by atoms with Gasteiger partial charge in [0, 0.05) is 12.6 Å². The first-order valence-corrected chi connectivity index (χ1v) is 6.67. The molecule has 16 heavy (non-hydrogen) atoms. The summed E-state index contributed by atoms with van der Waals surface area (Å²) in [6, 6.07) is 0.0519. The molecule has 3 heteroatoms. The van der Waals surface area contributed by atoms with E-state index in [9.17, 15) is 4.79 Å². The largest absolute Gasteiger partial charge is 0.355 e. The third-order valence-electron chi connectivity index (χ3n) is 4.57. The highest BCUT2D eigenvalue weighted by molar-refractivity contribution is 5.83. The van der Waals surface area contributed by atoms with E-state index in [4.69, 9.17) is 5.73 Å². The minimum Gasteiger partial charge on any atom is -0.355 e. The lowest BCUT2D eigenvalue weighted by atomic mass is 9.84. The van der Waals surface area contributed by atoms with Crippen LogP contribution in [0.5, 0.6) is 0 Å². The Bertz CT molecular complexity index is 261. The van der Waals surface area contributed by atoms with E-state index in [0.29, 0.717) is 5.92 Å². The zero-order chi connectivity index (χ0) is 11.6. The van der Waals surface area contributed by atoms with Gasteiger partial charge in [0.05, 0.1) is 5.41 Å². The first kappa shape index (κ1) is 11.9. The van der Waals surface area contributed by atoms with E-state index in [2.05, 4.69) is 5.32 Å². The molecule has 2 unspecified atom stereocenters. The van der Waals surface area contributed by atoms with Crippen molar-refractivity contribution in [1.82, 2.24) is 5.32 Å². The van der Waals surface area contributed by atoms with Gasteiger partial charge in [0.1, 0.15) is 0 Å². The van der Waals surface area contributed by atoms with Gasteiger partial charge in [-0.1, -0.05) is 19.3 Å². The van der Waals surface area contributed by atoms with E-state index >= 15 is 0 Å². The van der Waals surface area contributed by atoms with E-state index in [-0.39, 0.29) is 17.4 Å². The molecule has 0 bridgehead atoms. The molecule has 2 fully saturated rings. The van der Waals surface area contributed by atoms with E-state index in [0.717, 1.165) is 25.8 Å². The summed E-state index contributed by atoms with van der Waals surface area (Å²) in [5.74, 6) is 0.898.